The molecule has 0 saturated carbocycles. The van der Waals surface area contributed by atoms with E-state index in [-0.39, 0.29) is 0 Å². The van der Waals surface area contributed by atoms with Gasteiger partial charge in [0.25, 0.3) is 0 Å². The van der Waals surface area contributed by atoms with Crippen LogP contribution in [0, 0.1) is 18.6 Å². The summed E-state index contributed by atoms with van der Waals surface area (Å²) in [5.74, 6) is -0.528. The fourth-order valence-electron chi connectivity index (χ4n) is 1.49. The summed E-state index contributed by atoms with van der Waals surface area (Å²) >= 11 is 0. The first-order valence-electron chi connectivity index (χ1n) is 4.85. The van der Waals surface area contributed by atoms with Crippen LogP contribution in [0.2, 0.25) is 0 Å². The molecule has 0 fully saturated rings. The number of hydrogen-bond donors (Lipinski definition) is 1. The second kappa shape index (κ2) is 4.06. The number of furan rings is 1. The minimum absolute atomic E-state index is 0.480. The van der Waals surface area contributed by atoms with Gasteiger partial charge in [-0.2, -0.15) is 0 Å². The number of hydrogen-bond acceptors (Lipinski definition) is 2. The minimum atomic E-state index is -0.906. The summed E-state index contributed by atoms with van der Waals surface area (Å²) in [7, 11) is 0. The van der Waals surface area contributed by atoms with E-state index >= 15 is 0 Å². The van der Waals surface area contributed by atoms with Gasteiger partial charge >= 0.3 is 0 Å². The summed E-state index contributed by atoms with van der Waals surface area (Å²) in [6, 6.07) is 6.50. The smallest absolute Gasteiger partial charge is 0.159 e. The Kier molecular flexibility index (Phi) is 2.75. The molecule has 0 aliphatic rings. The molecule has 2 rings (SSSR count). The molecule has 0 saturated heterocycles. The number of benzene rings is 1. The third-order valence-electron chi connectivity index (χ3n) is 2.37. The van der Waals surface area contributed by atoms with Crippen LogP contribution in [-0.4, -0.2) is 0 Å². The fourth-order valence-corrected chi connectivity index (χ4v) is 1.49. The Morgan fingerprint density at radius 1 is 1.12 bits per heavy atom. The van der Waals surface area contributed by atoms with Gasteiger partial charge in [0.15, 0.2) is 11.6 Å². The van der Waals surface area contributed by atoms with Crippen molar-refractivity contribution in [3.8, 4) is 0 Å². The lowest BCUT2D eigenvalue weighted by molar-refractivity contribution is 0.463. The molecule has 0 aliphatic carbocycles. The standard InChI is InChI=1S/C12H11F2NO/c1-7-2-5-11(16-7)12(15)8-3-4-9(13)10(14)6-8/h2-6,12H,15H2,1H3. The quantitative estimate of drug-likeness (QED) is 0.850. The third kappa shape index (κ3) is 1.97. The molecule has 1 unspecified atom stereocenters. The lowest BCUT2D eigenvalue weighted by Crippen LogP contribution is -2.11. The zero-order valence-corrected chi connectivity index (χ0v) is 8.71. The highest BCUT2D eigenvalue weighted by molar-refractivity contribution is 5.27. The van der Waals surface area contributed by atoms with E-state index < -0.39 is 17.7 Å². The Morgan fingerprint density at radius 3 is 2.44 bits per heavy atom. The summed E-state index contributed by atoms with van der Waals surface area (Å²) < 4.78 is 31.1. The van der Waals surface area contributed by atoms with Gasteiger partial charge in [0.2, 0.25) is 0 Å². The Bertz CT molecular complexity index is 507. The molecule has 4 heteroatoms. The molecular formula is C12H11F2NO. The Hall–Kier alpha value is -1.68. The number of aryl methyl sites for hydroxylation is 1. The van der Waals surface area contributed by atoms with Gasteiger partial charge < -0.3 is 10.2 Å². The van der Waals surface area contributed by atoms with Crippen LogP contribution in [0.3, 0.4) is 0 Å². The molecule has 0 spiro atoms. The largest absolute Gasteiger partial charge is 0.464 e. The summed E-state index contributed by atoms with van der Waals surface area (Å²) in [5, 5.41) is 0. The van der Waals surface area contributed by atoms with Crippen molar-refractivity contribution in [3.05, 3.63) is 59.1 Å². The maximum Gasteiger partial charge on any atom is 0.159 e. The highest BCUT2D eigenvalue weighted by atomic mass is 19.2. The molecule has 0 bridgehead atoms. The molecule has 1 heterocycles. The fraction of sp³-hybridized carbons (Fsp3) is 0.167. The van der Waals surface area contributed by atoms with E-state index in [1.807, 2.05) is 0 Å². The van der Waals surface area contributed by atoms with E-state index in [1.54, 1.807) is 19.1 Å². The molecule has 1 atom stereocenters. The van der Waals surface area contributed by atoms with Crippen LogP contribution >= 0.6 is 0 Å². The maximum atomic E-state index is 13.0. The van der Waals surface area contributed by atoms with Crippen molar-refractivity contribution in [2.24, 2.45) is 5.73 Å². The molecule has 2 nitrogen and oxygen atoms in total. The highest BCUT2D eigenvalue weighted by Gasteiger charge is 2.14. The van der Waals surface area contributed by atoms with Crippen molar-refractivity contribution >= 4 is 0 Å². The SMILES string of the molecule is Cc1ccc(C(N)c2ccc(F)c(F)c2)o1. The highest BCUT2D eigenvalue weighted by Crippen LogP contribution is 2.22. The molecular weight excluding hydrogens is 212 g/mol. The van der Waals surface area contributed by atoms with Gasteiger partial charge in [0.1, 0.15) is 11.5 Å². The zero-order chi connectivity index (χ0) is 11.7. The lowest BCUT2D eigenvalue weighted by atomic mass is 10.1. The first kappa shape index (κ1) is 10.8. The Labute approximate surface area is 91.7 Å². The predicted octanol–water partition coefficient (Wildman–Crippen LogP) is 2.91. The van der Waals surface area contributed by atoms with Crippen molar-refractivity contribution in [1.29, 1.82) is 0 Å². The van der Waals surface area contributed by atoms with Crippen molar-refractivity contribution < 1.29 is 13.2 Å². The molecule has 0 radical (unpaired) electrons. The van der Waals surface area contributed by atoms with E-state index in [1.165, 1.54) is 6.07 Å². The van der Waals surface area contributed by atoms with Gasteiger partial charge in [-0.25, -0.2) is 8.78 Å². The average Bonchev–Trinajstić information content (AvgIpc) is 2.68. The molecule has 2 aromatic rings. The molecule has 1 aromatic carbocycles. The van der Waals surface area contributed by atoms with Gasteiger partial charge in [-0.15, -0.1) is 0 Å². The van der Waals surface area contributed by atoms with Gasteiger partial charge in [0.05, 0.1) is 6.04 Å². The third-order valence-corrected chi connectivity index (χ3v) is 2.37. The van der Waals surface area contributed by atoms with E-state index in [9.17, 15) is 8.78 Å². The predicted molar refractivity (Wildman–Crippen MR) is 55.8 cm³/mol. The van der Waals surface area contributed by atoms with E-state index in [4.69, 9.17) is 10.2 Å². The Balaban J connectivity index is 2.33. The topological polar surface area (TPSA) is 39.2 Å². The van der Waals surface area contributed by atoms with Crippen molar-refractivity contribution in [1.82, 2.24) is 0 Å². The van der Waals surface area contributed by atoms with Crippen LogP contribution in [-0.2, 0) is 0 Å². The molecule has 2 N–H and O–H groups in total. The van der Waals surface area contributed by atoms with Crippen LogP contribution in [0.15, 0.2) is 34.7 Å². The molecule has 16 heavy (non-hydrogen) atoms. The number of halogens is 2. The van der Waals surface area contributed by atoms with Crippen LogP contribution < -0.4 is 5.73 Å². The number of nitrogens with two attached hydrogens (primary N) is 1. The van der Waals surface area contributed by atoms with Gasteiger partial charge in [-0.1, -0.05) is 6.07 Å². The summed E-state index contributed by atoms with van der Waals surface area (Å²) in [4.78, 5) is 0. The molecule has 84 valence electrons. The Morgan fingerprint density at radius 2 is 1.88 bits per heavy atom. The monoisotopic (exact) mass is 223 g/mol. The van der Waals surface area contributed by atoms with Crippen molar-refractivity contribution in [3.63, 3.8) is 0 Å². The van der Waals surface area contributed by atoms with Gasteiger partial charge in [-0.3, -0.25) is 0 Å². The van der Waals surface area contributed by atoms with E-state index in [0.29, 0.717) is 11.3 Å². The maximum absolute atomic E-state index is 13.0. The van der Waals surface area contributed by atoms with Crippen molar-refractivity contribution in [2.45, 2.75) is 13.0 Å². The summed E-state index contributed by atoms with van der Waals surface area (Å²) in [6.07, 6.45) is 0. The minimum Gasteiger partial charge on any atom is -0.464 e. The summed E-state index contributed by atoms with van der Waals surface area (Å²) in [5.41, 5.74) is 6.35. The lowest BCUT2D eigenvalue weighted by Gasteiger charge is -2.09. The van der Waals surface area contributed by atoms with E-state index in [0.717, 1.165) is 17.9 Å². The van der Waals surface area contributed by atoms with Crippen LogP contribution in [0.4, 0.5) is 8.78 Å². The average molecular weight is 223 g/mol. The van der Waals surface area contributed by atoms with Gasteiger partial charge in [0, 0.05) is 0 Å². The first-order chi connectivity index (χ1) is 7.58. The van der Waals surface area contributed by atoms with Crippen LogP contribution in [0.25, 0.3) is 0 Å². The number of rotatable bonds is 2. The van der Waals surface area contributed by atoms with Gasteiger partial charge in [-0.05, 0) is 36.8 Å². The normalized spacial score (nSPS) is 12.8. The second-order valence-electron chi connectivity index (χ2n) is 3.60. The zero-order valence-electron chi connectivity index (χ0n) is 8.71. The summed E-state index contributed by atoms with van der Waals surface area (Å²) in [6.45, 7) is 1.79. The van der Waals surface area contributed by atoms with Crippen LogP contribution in [0.5, 0.6) is 0 Å². The molecule has 1 aromatic heterocycles. The molecule has 0 aliphatic heterocycles. The second-order valence-corrected chi connectivity index (χ2v) is 3.60. The van der Waals surface area contributed by atoms with E-state index in [2.05, 4.69) is 0 Å². The first-order valence-corrected chi connectivity index (χ1v) is 4.85. The molecule has 0 amide bonds. The van der Waals surface area contributed by atoms with Crippen LogP contribution in [0.1, 0.15) is 23.1 Å². The van der Waals surface area contributed by atoms with Crippen molar-refractivity contribution in [2.75, 3.05) is 0 Å².